The van der Waals surface area contributed by atoms with Crippen LogP contribution in [-0.2, 0) is 11.3 Å². The van der Waals surface area contributed by atoms with E-state index in [1.807, 2.05) is 29.0 Å². The van der Waals surface area contributed by atoms with Gasteiger partial charge in [0.1, 0.15) is 5.75 Å². The fourth-order valence-electron chi connectivity index (χ4n) is 3.23. The summed E-state index contributed by atoms with van der Waals surface area (Å²) in [5.41, 5.74) is 1.49. The Morgan fingerprint density at radius 2 is 2.09 bits per heavy atom. The fraction of sp³-hybridized carbons (Fsp3) is 0.174. The molecule has 0 aliphatic carbocycles. The topological polar surface area (TPSA) is 103 Å². The lowest BCUT2D eigenvalue weighted by molar-refractivity contribution is -0.384. The van der Waals surface area contributed by atoms with E-state index in [-0.39, 0.29) is 11.6 Å². The minimum Gasteiger partial charge on any atom is -0.497 e. The Hall–Kier alpha value is -4.05. The van der Waals surface area contributed by atoms with Crippen LogP contribution in [0.25, 0.3) is 16.3 Å². The van der Waals surface area contributed by atoms with Gasteiger partial charge in [-0.3, -0.25) is 19.8 Å². The minimum atomic E-state index is -0.456. The van der Waals surface area contributed by atoms with Crippen molar-refractivity contribution in [1.29, 1.82) is 0 Å². The number of hydrogen-bond acceptors (Lipinski definition) is 7. The van der Waals surface area contributed by atoms with Gasteiger partial charge >= 0.3 is 0 Å². The number of methoxy groups -OCH3 is 1. The summed E-state index contributed by atoms with van der Waals surface area (Å²) in [6, 6.07) is 11.6. The van der Waals surface area contributed by atoms with Crippen LogP contribution in [0.3, 0.4) is 0 Å². The summed E-state index contributed by atoms with van der Waals surface area (Å²) in [6.07, 6.45) is 9.16. The van der Waals surface area contributed by atoms with E-state index in [1.165, 1.54) is 29.5 Å². The van der Waals surface area contributed by atoms with Crippen molar-refractivity contribution in [3.05, 3.63) is 82.9 Å². The largest absolute Gasteiger partial charge is 0.497 e. The number of non-ortho nitro benzene ring substituents is 1. The molecule has 2 aromatic heterocycles. The molecule has 9 nitrogen and oxygen atoms in total. The van der Waals surface area contributed by atoms with Crippen molar-refractivity contribution in [2.45, 2.75) is 13.0 Å². The van der Waals surface area contributed by atoms with Crippen molar-refractivity contribution < 1.29 is 14.5 Å². The maximum atomic E-state index is 13.1. The van der Waals surface area contributed by atoms with E-state index in [9.17, 15) is 14.9 Å². The molecule has 0 unspecified atom stereocenters. The molecule has 168 valence electrons. The average Bonchev–Trinajstić information content (AvgIpc) is 3.49. The summed E-state index contributed by atoms with van der Waals surface area (Å²) in [5.74, 6) is 0.513. The van der Waals surface area contributed by atoms with Gasteiger partial charge in [0.2, 0.25) is 0 Å². The van der Waals surface area contributed by atoms with Gasteiger partial charge in [0, 0.05) is 43.7 Å². The average molecular weight is 464 g/mol. The van der Waals surface area contributed by atoms with Crippen molar-refractivity contribution in [3.63, 3.8) is 0 Å². The highest BCUT2D eigenvalue weighted by Gasteiger charge is 2.18. The second-order valence-corrected chi connectivity index (χ2v) is 8.17. The van der Waals surface area contributed by atoms with Crippen LogP contribution in [0.1, 0.15) is 12.0 Å². The molecule has 0 spiro atoms. The summed E-state index contributed by atoms with van der Waals surface area (Å²) in [5, 5.41) is 11.4. The SMILES string of the molecule is COc1ccc2nc(N(CCCn3ccnc3)C(=O)/C=C/c3ccc([N+](=O)[O-])cc3)sc2c1. The molecule has 4 aromatic rings. The number of imidazole rings is 1. The molecule has 33 heavy (non-hydrogen) atoms. The normalized spacial score (nSPS) is 11.2. The number of carbonyl (C=O) groups excluding carboxylic acids is 1. The zero-order chi connectivity index (χ0) is 23.2. The lowest BCUT2D eigenvalue weighted by Gasteiger charge is -2.18. The van der Waals surface area contributed by atoms with Crippen molar-refractivity contribution >= 4 is 44.4 Å². The van der Waals surface area contributed by atoms with E-state index < -0.39 is 4.92 Å². The predicted molar refractivity (Wildman–Crippen MR) is 127 cm³/mol. The van der Waals surface area contributed by atoms with Crippen LogP contribution < -0.4 is 9.64 Å². The Morgan fingerprint density at radius 1 is 1.27 bits per heavy atom. The number of ether oxygens (including phenoxy) is 1. The zero-order valence-corrected chi connectivity index (χ0v) is 18.6. The molecule has 2 aromatic carbocycles. The molecule has 10 heteroatoms. The molecule has 0 aliphatic heterocycles. The smallest absolute Gasteiger partial charge is 0.269 e. The second-order valence-electron chi connectivity index (χ2n) is 7.16. The first kappa shape index (κ1) is 22.2. The summed E-state index contributed by atoms with van der Waals surface area (Å²) >= 11 is 1.42. The number of hydrogen-bond donors (Lipinski definition) is 0. The maximum Gasteiger partial charge on any atom is 0.269 e. The standard InChI is InChI=1S/C23H21N5O4S/c1-32-19-8-9-20-21(15-19)33-23(25-20)27(13-2-12-26-14-11-24-16-26)22(29)10-5-17-3-6-18(7-4-17)28(30)31/h3-11,14-16H,2,12-13H2,1H3/b10-5+. The minimum absolute atomic E-state index is 0.00417. The quantitative estimate of drug-likeness (QED) is 0.205. The van der Waals surface area contributed by atoms with E-state index in [0.717, 1.165) is 16.0 Å². The number of benzene rings is 2. The van der Waals surface area contributed by atoms with Gasteiger partial charge in [-0.1, -0.05) is 11.3 Å². The molecule has 0 fully saturated rings. The van der Waals surface area contributed by atoms with Gasteiger partial charge in [-0.2, -0.15) is 0 Å². The van der Waals surface area contributed by atoms with Crippen LogP contribution in [-0.4, -0.2) is 39.0 Å². The van der Waals surface area contributed by atoms with Crippen molar-refractivity contribution in [3.8, 4) is 5.75 Å². The molecule has 0 radical (unpaired) electrons. The molecule has 1 amide bonds. The number of rotatable bonds is 9. The highest BCUT2D eigenvalue weighted by Crippen LogP contribution is 2.32. The number of aryl methyl sites for hydroxylation is 1. The lowest BCUT2D eigenvalue weighted by Crippen LogP contribution is -2.30. The lowest BCUT2D eigenvalue weighted by atomic mass is 10.2. The van der Waals surface area contributed by atoms with E-state index >= 15 is 0 Å². The first-order valence-corrected chi connectivity index (χ1v) is 11.0. The van der Waals surface area contributed by atoms with E-state index in [4.69, 9.17) is 4.74 Å². The van der Waals surface area contributed by atoms with Crippen LogP contribution >= 0.6 is 11.3 Å². The van der Waals surface area contributed by atoms with Gasteiger partial charge in [0.05, 0.1) is 28.6 Å². The number of nitro benzene ring substituents is 1. The van der Waals surface area contributed by atoms with Gasteiger partial charge in [-0.25, -0.2) is 9.97 Å². The second kappa shape index (κ2) is 10.0. The molecule has 0 saturated heterocycles. The van der Waals surface area contributed by atoms with Gasteiger partial charge < -0.3 is 9.30 Å². The number of aromatic nitrogens is 3. The van der Waals surface area contributed by atoms with E-state index in [1.54, 1.807) is 42.7 Å². The molecule has 0 N–H and O–H groups in total. The third-order valence-electron chi connectivity index (χ3n) is 4.96. The Balaban J connectivity index is 1.55. The fourth-order valence-corrected chi connectivity index (χ4v) is 4.26. The molecule has 0 saturated carbocycles. The zero-order valence-electron chi connectivity index (χ0n) is 17.8. The Bertz CT molecular complexity index is 1280. The highest BCUT2D eigenvalue weighted by atomic mass is 32.1. The molecule has 0 aliphatic rings. The highest BCUT2D eigenvalue weighted by molar-refractivity contribution is 7.22. The first-order valence-electron chi connectivity index (χ1n) is 10.2. The van der Waals surface area contributed by atoms with Gasteiger partial charge in [0.15, 0.2) is 5.13 Å². The third kappa shape index (κ3) is 5.42. The molecular weight excluding hydrogens is 442 g/mol. The molecule has 4 rings (SSSR count). The number of thiazole rings is 1. The summed E-state index contributed by atoms with van der Waals surface area (Å²) in [4.78, 5) is 33.9. The summed E-state index contributed by atoms with van der Waals surface area (Å²) in [7, 11) is 1.61. The molecule has 0 atom stereocenters. The van der Waals surface area contributed by atoms with Gasteiger partial charge in [-0.15, -0.1) is 0 Å². The van der Waals surface area contributed by atoms with E-state index in [2.05, 4.69) is 9.97 Å². The number of carbonyl (C=O) groups is 1. The monoisotopic (exact) mass is 463 g/mol. The Kier molecular flexibility index (Phi) is 6.75. The summed E-state index contributed by atoms with van der Waals surface area (Å²) < 4.78 is 8.18. The van der Waals surface area contributed by atoms with Crippen LogP contribution in [0.5, 0.6) is 5.75 Å². The van der Waals surface area contributed by atoms with Gasteiger partial charge in [-0.05, 0) is 48.4 Å². The van der Waals surface area contributed by atoms with Crippen LogP contribution in [0.4, 0.5) is 10.8 Å². The Morgan fingerprint density at radius 3 is 2.79 bits per heavy atom. The first-order chi connectivity index (χ1) is 16.0. The number of fused-ring (bicyclic) bond motifs is 1. The number of nitrogens with zero attached hydrogens (tertiary/aromatic N) is 5. The number of nitro groups is 1. The third-order valence-corrected chi connectivity index (χ3v) is 6.00. The maximum absolute atomic E-state index is 13.1. The molecule has 0 bridgehead atoms. The van der Waals surface area contributed by atoms with Crippen LogP contribution in [0.2, 0.25) is 0 Å². The predicted octanol–water partition coefficient (Wildman–Crippen LogP) is 4.55. The Labute approximate surface area is 193 Å². The van der Waals surface area contributed by atoms with Crippen molar-refractivity contribution in [1.82, 2.24) is 14.5 Å². The van der Waals surface area contributed by atoms with Crippen LogP contribution in [0.15, 0.2) is 67.3 Å². The number of amides is 1. The van der Waals surface area contributed by atoms with Crippen LogP contribution in [0, 0.1) is 10.1 Å². The van der Waals surface area contributed by atoms with Crippen molar-refractivity contribution in [2.24, 2.45) is 0 Å². The van der Waals surface area contributed by atoms with Gasteiger partial charge in [0.25, 0.3) is 11.6 Å². The van der Waals surface area contributed by atoms with E-state index in [0.29, 0.717) is 30.2 Å². The molecular formula is C23H21N5O4S. The number of anilines is 1. The summed E-state index contributed by atoms with van der Waals surface area (Å²) in [6.45, 7) is 1.19. The van der Waals surface area contributed by atoms with Crippen molar-refractivity contribution in [2.75, 3.05) is 18.6 Å². The molecule has 2 heterocycles.